The highest BCUT2D eigenvalue weighted by Crippen LogP contribution is 2.31. The summed E-state index contributed by atoms with van der Waals surface area (Å²) in [6.07, 6.45) is 2.49. The third-order valence-electron chi connectivity index (χ3n) is 3.05. The molecule has 19 heavy (non-hydrogen) atoms. The van der Waals surface area contributed by atoms with Crippen molar-refractivity contribution in [1.82, 2.24) is 10.3 Å². The summed E-state index contributed by atoms with van der Waals surface area (Å²) in [7, 11) is 0. The van der Waals surface area contributed by atoms with Gasteiger partial charge in [0.15, 0.2) is 4.34 Å². The van der Waals surface area contributed by atoms with Gasteiger partial charge in [-0.15, -0.1) is 11.3 Å². The van der Waals surface area contributed by atoms with Crippen molar-refractivity contribution in [3.63, 3.8) is 0 Å². The molecule has 0 saturated heterocycles. The number of hydrogen-bond acceptors (Lipinski definition) is 4. The van der Waals surface area contributed by atoms with Crippen molar-refractivity contribution in [2.24, 2.45) is 0 Å². The van der Waals surface area contributed by atoms with Gasteiger partial charge in [0.1, 0.15) is 0 Å². The van der Waals surface area contributed by atoms with Crippen LogP contribution in [0.25, 0.3) is 10.2 Å². The van der Waals surface area contributed by atoms with Crippen LogP contribution < -0.4 is 5.32 Å². The Kier molecular flexibility index (Phi) is 5.67. The van der Waals surface area contributed by atoms with Crippen LogP contribution in [0.1, 0.15) is 33.6 Å². The maximum absolute atomic E-state index is 4.67. The molecule has 1 heterocycles. The molecule has 2 unspecified atom stereocenters. The smallest absolute Gasteiger partial charge is 0.151 e. The SMILES string of the molecule is CCCC(C)NCC(C)Sc1nc2ccccc2s1. The third-order valence-corrected chi connectivity index (χ3v) is 5.28. The number of thioether (sulfide) groups is 1. The van der Waals surface area contributed by atoms with Crippen LogP contribution in [0.4, 0.5) is 0 Å². The Balaban J connectivity index is 1.86. The van der Waals surface area contributed by atoms with Crippen LogP contribution >= 0.6 is 23.1 Å². The number of rotatable bonds is 7. The van der Waals surface area contributed by atoms with Crippen LogP contribution in [0, 0.1) is 0 Å². The van der Waals surface area contributed by atoms with E-state index in [1.807, 2.05) is 17.8 Å². The van der Waals surface area contributed by atoms with E-state index in [2.05, 4.69) is 49.3 Å². The van der Waals surface area contributed by atoms with Gasteiger partial charge in [0.25, 0.3) is 0 Å². The number of hydrogen-bond donors (Lipinski definition) is 1. The van der Waals surface area contributed by atoms with Crippen LogP contribution in [0.5, 0.6) is 0 Å². The highest BCUT2D eigenvalue weighted by molar-refractivity contribution is 8.01. The van der Waals surface area contributed by atoms with Crippen molar-refractivity contribution in [2.75, 3.05) is 6.54 Å². The summed E-state index contributed by atoms with van der Waals surface area (Å²) in [5.74, 6) is 0. The molecule has 0 radical (unpaired) electrons. The summed E-state index contributed by atoms with van der Waals surface area (Å²) >= 11 is 3.67. The molecule has 0 bridgehead atoms. The molecule has 0 saturated carbocycles. The Labute approximate surface area is 124 Å². The number of thiazole rings is 1. The molecular formula is C15H22N2S2. The summed E-state index contributed by atoms with van der Waals surface area (Å²) in [6, 6.07) is 8.97. The number of benzene rings is 1. The van der Waals surface area contributed by atoms with Crippen molar-refractivity contribution < 1.29 is 0 Å². The topological polar surface area (TPSA) is 24.9 Å². The van der Waals surface area contributed by atoms with Gasteiger partial charge in [-0.1, -0.05) is 44.2 Å². The molecule has 1 aromatic heterocycles. The van der Waals surface area contributed by atoms with E-state index in [9.17, 15) is 0 Å². The fourth-order valence-corrected chi connectivity index (χ4v) is 4.34. The van der Waals surface area contributed by atoms with E-state index in [0.29, 0.717) is 11.3 Å². The Morgan fingerprint density at radius 1 is 1.32 bits per heavy atom. The fourth-order valence-electron chi connectivity index (χ4n) is 2.02. The first-order chi connectivity index (χ1) is 9.19. The minimum atomic E-state index is 0.555. The van der Waals surface area contributed by atoms with Gasteiger partial charge >= 0.3 is 0 Å². The molecule has 4 heteroatoms. The van der Waals surface area contributed by atoms with E-state index in [4.69, 9.17) is 0 Å². The Hall–Kier alpha value is -0.580. The predicted molar refractivity (Wildman–Crippen MR) is 87.3 cm³/mol. The van der Waals surface area contributed by atoms with Crippen molar-refractivity contribution in [1.29, 1.82) is 0 Å². The standard InChI is InChI=1S/C15H22N2S2/c1-4-7-11(2)16-10-12(3)18-15-17-13-8-5-6-9-14(13)19-15/h5-6,8-9,11-12,16H,4,7,10H2,1-3H3. The molecule has 2 rings (SSSR count). The number of para-hydroxylation sites is 1. The maximum atomic E-state index is 4.67. The Bertz CT molecular complexity index is 477. The molecule has 0 fully saturated rings. The maximum Gasteiger partial charge on any atom is 0.151 e. The zero-order chi connectivity index (χ0) is 13.7. The Morgan fingerprint density at radius 2 is 2.11 bits per heavy atom. The van der Waals surface area contributed by atoms with E-state index in [1.165, 1.54) is 21.9 Å². The van der Waals surface area contributed by atoms with Crippen LogP contribution in [0.3, 0.4) is 0 Å². The van der Waals surface area contributed by atoms with Crippen molar-refractivity contribution in [3.05, 3.63) is 24.3 Å². The minimum Gasteiger partial charge on any atom is -0.313 e. The van der Waals surface area contributed by atoms with Crippen molar-refractivity contribution in [2.45, 2.75) is 49.2 Å². The van der Waals surface area contributed by atoms with Crippen molar-refractivity contribution in [3.8, 4) is 0 Å². The number of nitrogens with one attached hydrogen (secondary N) is 1. The first kappa shape index (κ1) is 14.8. The van der Waals surface area contributed by atoms with Crippen LogP contribution in [-0.4, -0.2) is 22.8 Å². The zero-order valence-corrected chi connectivity index (χ0v) is 13.5. The van der Waals surface area contributed by atoms with E-state index >= 15 is 0 Å². The van der Waals surface area contributed by atoms with Gasteiger partial charge in [0.05, 0.1) is 10.2 Å². The van der Waals surface area contributed by atoms with Gasteiger partial charge in [-0.05, 0) is 25.5 Å². The van der Waals surface area contributed by atoms with Crippen LogP contribution in [0.15, 0.2) is 28.6 Å². The highest BCUT2D eigenvalue weighted by Gasteiger charge is 2.10. The van der Waals surface area contributed by atoms with E-state index in [0.717, 1.165) is 12.1 Å². The molecule has 0 aliphatic rings. The largest absolute Gasteiger partial charge is 0.313 e. The lowest BCUT2D eigenvalue weighted by Gasteiger charge is -2.16. The van der Waals surface area contributed by atoms with E-state index < -0.39 is 0 Å². The average molecular weight is 294 g/mol. The van der Waals surface area contributed by atoms with Crippen LogP contribution in [0.2, 0.25) is 0 Å². The van der Waals surface area contributed by atoms with Gasteiger partial charge in [-0.3, -0.25) is 0 Å². The lowest BCUT2D eigenvalue weighted by molar-refractivity contribution is 0.511. The molecule has 0 spiro atoms. The first-order valence-electron chi connectivity index (χ1n) is 6.94. The summed E-state index contributed by atoms with van der Waals surface area (Å²) in [5.41, 5.74) is 1.12. The first-order valence-corrected chi connectivity index (χ1v) is 8.64. The summed E-state index contributed by atoms with van der Waals surface area (Å²) in [5, 5.41) is 4.15. The molecule has 2 nitrogen and oxygen atoms in total. The van der Waals surface area contributed by atoms with E-state index in [1.54, 1.807) is 11.3 Å². The van der Waals surface area contributed by atoms with E-state index in [-0.39, 0.29) is 0 Å². The minimum absolute atomic E-state index is 0.555. The molecule has 1 N–H and O–H groups in total. The molecule has 0 aliphatic heterocycles. The zero-order valence-electron chi connectivity index (χ0n) is 11.8. The number of aromatic nitrogens is 1. The van der Waals surface area contributed by atoms with Gasteiger partial charge in [0.2, 0.25) is 0 Å². The van der Waals surface area contributed by atoms with Gasteiger partial charge < -0.3 is 5.32 Å². The molecule has 0 aliphatic carbocycles. The predicted octanol–water partition coefficient (Wildman–Crippen LogP) is 4.56. The molecule has 1 aromatic carbocycles. The van der Waals surface area contributed by atoms with Gasteiger partial charge in [0, 0.05) is 17.8 Å². The second-order valence-corrected chi connectivity index (χ2v) is 7.69. The lowest BCUT2D eigenvalue weighted by atomic mass is 10.2. The average Bonchev–Trinajstić information content (AvgIpc) is 2.78. The molecular weight excluding hydrogens is 272 g/mol. The second-order valence-electron chi connectivity index (χ2n) is 4.97. The normalized spacial score (nSPS) is 14.7. The van der Waals surface area contributed by atoms with Crippen LogP contribution in [-0.2, 0) is 0 Å². The number of nitrogens with zero attached hydrogens (tertiary/aromatic N) is 1. The third kappa shape index (κ3) is 4.48. The Morgan fingerprint density at radius 3 is 2.84 bits per heavy atom. The van der Waals surface area contributed by atoms with Gasteiger partial charge in [-0.2, -0.15) is 0 Å². The lowest BCUT2D eigenvalue weighted by Crippen LogP contribution is -2.31. The fraction of sp³-hybridized carbons (Fsp3) is 0.533. The number of fused-ring (bicyclic) bond motifs is 1. The monoisotopic (exact) mass is 294 g/mol. The summed E-state index contributed by atoms with van der Waals surface area (Å²) in [4.78, 5) is 4.67. The second kappa shape index (κ2) is 7.27. The molecule has 0 amide bonds. The van der Waals surface area contributed by atoms with Crippen molar-refractivity contribution >= 4 is 33.3 Å². The summed E-state index contributed by atoms with van der Waals surface area (Å²) in [6.45, 7) is 7.81. The summed E-state index contributed by atoms with van der Waals surface area (Å²) < 4.78 is 2.46. The highest BCUT2D eigenvalue weighted by atomic mass is 32.2. The van der Waals surface area contributed by atoms with Gasteiger partial charge in [-0.25, -0.2) is 4.98 Å². The molecule has 2 atom stereocenters. The molecule has 104 valence electrons. The quantitative estimate of drug-likeness (QED) is 0.758. The molecule has 2 aromatic rings.